The smallest absolute Gasteiger partial charge is 0.0633 e. The summed E-state index contributed by atoms with van der Waals surface area (Å²) in [7, 11) is 0. The van der Waals surface area contributed by atoms with Crippen molar-refractivity contribution in [2.45, 2.75) is 63.9 Å². The van der Waals surface area contributed by atoms with E-state index in [1.165, 1.54) is 51.4 Å². The van der Waals surface area contributed by atoms with E-state index >= 15 is 0 Å². The number of rotatable bonds is 3. The second-order valence-electron chi connectivity index (χ2n) is 5.25. The van der Waals surface area contributed by atoms with Gasteiger partial charge in [-0.3, -0.25) is 0 Å². The highest BCUT2D eigenvalue weighted by Crippen LogP contribution is 2.45. The highest BCUT2D eigenvalue weighted by Gasteiger charge is 2.40. The molecule has 0 amide bonds. The van der Waals surface area contributed by atoms with Gasteiger partial charge in [-0.25, -0.2) is 0 Å². The van der Waals surface area contributed by atoms with Crippen molar-refractivity contribution in [3.05, 3.63) is 0 Å². The fraction of sp³-hybridized carbons (Fsp3) is 1.00. The molecule has 1 aliphatic heterocycles. The van der Waals surface area contributed by atoms with E-state index in [4.69, 9.17) is 4.74 Å². The van der Waals surface area contributed by atoms with E-state index in [1.54, 1.807) is 0 Å². The maximum Gasteiger partial charge on any atom is 0.0633 e. The molecule has 0 aromatic carbocycles. The molecule has 0 radical (unpaired) electrons. The van der Waals surface area contributed by atoms with Gasteiger partial charge >= 0.3 is 0 Å². The van der Waals surface area contributed by atoms with Crippen LogP contribution in [0.5, 0.6) is 0 Å². The van der Waals surface area contributed by atoms with Gasteiger partial charge in [-0.2, -0.15) is 0 Å². The molecular weight excluding hydrogens is 188 g/mol. The Labute approximate surface area is 93.0 Å². The second-order valence-corrected chi connectivity index (χ2v) is 5.25. The van der Waals surface area contributed by atoms with Gasteiger partial charge in [-0.1, -0.05) is 25.7 Å². The summed E-state index contributed by atoms with van der Waals surface area (Å²) in [6, 6.07) is 0. The third-order valence-corrected chi connectivity index (χ3v) is 4.32. The van der Waals surface area contributed by atoms with E-state index in [2.05, 4.69) is 0 Å². The average Bonchev–Trinajstić information content (AvgIpc) is 2.68. The van der Waals surface area contributed by atoms with Crippen LogP contribution in [0.2, 0.25) is 0 Å². The fourth-order valence-corrected chi connectivity index (χ4v) is 3.45. The molecule has 2 nitrogen and oxygen atoms in total. The molecule has 2 fully saturated rings. The maximum atomic E-state index is 9.28. The van der Waals surface area contributed by atoms with Crippen LogP contribution in [0, 0.1) is 5.41 Å². The Balaban J connectivity index is 2.05. The number of hydrogen-bond acceptors (Lipinski definition) is 2. The normalized spacial score (nSPS) is 31.4. The van der Waals surface area contributed by atoms with Crippen LogP contribution >= 0.6 is 0 Å². The van der Waals surface area contributed by atoms with Crippen molar-refractivity contribution in [3.63, 3.8) is 0 Å². The summed E-state index contributed by atoms with van der Waals surface area (Å²) in [6.07, 6.45) is 11.8. The van der Waals surface area contributed by atoms with E-state index in [-0.39, 0.29) is 0 Å². The first-order valence-electron chi connectivity index (χ1n) is 6.60. The first-order chi connectivity index (χ1) is 7.37. The Kier molecular flexibility index (Phi) is 4.04. The lowest BCUT2D eigenvalue weighted by Gasteiger charge is -2.37. The molecule has 1 heterocycles. The van der Waals surface area contributed by atoms with Crippen LogP contribution in [-0.2, 0) is 4.74 Å². The van der Waals surface area contributed by atoms with Gasteiger partial charge in [-0.15, -0.1) is 0 Å². The molecule has 15 heavy (non-hydrogen) atoms. The van der Waals surface area contributed by atoms with Gasteiger partial charge in [0, 0.05) is 13.2 Å². The highest BCUT2D eigenvalue weighted by atomic mass is 16.5. The zero-order valence-corrected chi connectivity index (χ0v) is 9.71. The molecule has 1 atom stereocenters. The monoisotopic (exact) mass is 212 g/mol. The predicted molar refractivity (Wildman–Crippen MR) is 60.8 cm³/mol. The molecule has 1 aliphatic carbocycles. The number of aliphatic hydroxyl groups is 1. The Hall–Kier alpha value is -0.0800. The second kappa shape index (κ2) is 5.31. The molecule has 2 aliphatic rings. The Morgan fingerprint density at radius 3 is 2.33 bits per heavy atom. The molecule has 2 rings (SSSR count). The van der Waals surface area contributed by atoms with Crippen LogP contribution in [-0.4, -0.2) is 24.4 Å². The van der Waals surface area contributed by atoms with E-state index < -0.39 is 0 Å². The van der Waals surface area contributed by atoms with Gasteiger partial charge in [0.25, 0.3) is 0 Å². The molecule has 0 aromatic rings. The summed E-state index contributed by atoms with van der Waals surface area (Å²) in [6.45, 7) is 1.28. The van der Waals surface area contributed by atoms with Crippen LogP contribution in [0.15, 0.2) is 0 Å². The summed E-state index contributed by atoms with van der Waals surface area (Å²) in [5.74, 6) is 0. The van der Waals surface area contributed by atoms with Crippen molar-refractivity contribution in [3.8, 4) is 0 Å². The summed E-state index contributed by atoms with van der Waals surface area (Å²) >= 11 is 0. The van der Waals surface area contributed by atoms with Crippen molar-refractivity contribution < 1.29 is 9.84 Å². The van der Waals surface area contributed by atoms with E-state index in [1.807, 2.05) is 0 Å². The van der Waals surface area contributed by atoms with Gasteiger partial charge in [0.05, 0.1) is 6.10 Å². The van der Waals surface area contributed by atoms with Crippen LogP contribution in [0.4, 0.5) is 0 Å². The Morgan fingerprint density at radius 2 is 1.80 bits per heavy atom. The van der Waals surface area contributed by atoms with Crippen LogP contribution in [0.3, 0.4) is 0 Å². The number of ether oxygens (including phenoxy) is 1. The SMILES string of the molecule is OCCC1(C2CCCO2)CCCCCC1. The lowest BCUT2D eigenvalue weighted by atomic mass is 9.72. The maximum absolute atomic E-state index is 9.28. The third-order valence-electron chi connectivity index (χ3n) is 4.32. The Morgan fingerprint density at radius 1 is 1.07 bits per heavy atom. The van der Waals surface area contributed by atoms with Crippen molar-refractivity contribution in [1.82, 2.24) is 0 Å². The number of aliphatic hydroxyl groups excluding tert-OH is 1. The summed E-state index contributed by atoms with van der Waals surface area (Å²) < 4.78 is 5.89. The largest absolute Gasteiger partial charge is 0.396 e. The average molecular weight is 212 g/mol. The lowest BCUT2D eigenvalue weighted by Crippen LogP contribution is -2.35. The fourth-order valence-electron chi connectivity index (χ4n) is 3.45. The predicted octanol–water partition coefficient (Wildman–Crippen LogP) is 2.89. The topological polar surface area (TPSA) is 29.5 Å². The van der Waals surface area contributed by atoms with Crippen LogP contribution < -0.4 is 0 Å². The zero-order chi connectivity index (χ0) is 10.6. The summed E-state index contributed by atoms with van der Waals surface area (Å²) in [4.78, 5) is 0. The first kappa shape index (κ1) is 11.4. The molecule has 1 N–H and O–H groups in total. The molecule has 1 saturated heterocycles. The van der Waals surface area contributed by atoms with Crippen molar-refractivity contribution in [1.29, 1.82) is 0 Å². The third kappa shape index (κ3) is 2.54. The molecule has 88 valence electrons. The van der Waals surface area contributed by atoms with E-state index in [9.17, 15) is 5.11 Å². The number of hydrogen-bond donors (Lipinski definition) is 1. The molecular formula is C13H24O2. The molecule has 0 bridgehead atoms. The van der Waals surface area contributed by atoms with Gasteiger partial charge in [0.15, 0.2) is 0 Å². The Bertz CT molecular complexity index is 177. The van der Waals surface area contributed by atoms with Crippen molar-refractivity contribution >= 4 is 0 Å². The molecule has 0 spiro atoms. The quantitative estimate of drug-likeness (QED) is 0.729. The minimum absolute atomic E-state index is 0.321. The first-order valence-corrected chi connectivity index (χ1v) is 6.60. The zero-order valence-electron chi connectivity index (χ0n) is 9.71. The van der Waals surface area contributed by atoms with Crippen molar-refractivity contribution in [2.75, 3.05) is 13.2 Å². The van der Waals surface area contributed by atoms with Crippen molar-refractivity contribution in [2.24, 2.45) is 5.41 Å². The minimum atomic E-state index is 0.321. The van der Waals surface area contributed by atoms with Gasteiger partial charge in [0.1, 0.15) is 0 Å². The van der Waals surface area contributed by atoms with E-state index in [0.29, 0.717) is 18.1 Å². The minimum Gasteiger partial charge on any atom is -0.396 e. The lowest BCUT2D eigenvalue weighted by molar-refractivity contribution is -0.0251. The standard InChI is InChI=1S/C13H24O2/c14-10-9-13(12-6-5-11-15-12)7-3-1-2-4-8-13/h12,14H,1-11H2. The highest BCUT2D eigenvalue weighted by molar-refractivity contribution is 4.90. The van der Waals surface area contributed by atoms with Gasteiger partial charge < -0.3 is 9.84 Å². The van der Waals surface area contributed by atoms with E-state index in [0.717, 1.165) is 13.0 Å². The summed E-state index contributed by atoms with van der Waals surface area (Å²) in [5.41, 5.74) is 0.321. The summed E-state index contributed by atoms with van der Waals surface area (Å²) in [5, 5.41) is 9.28. The van der Waals surface area contributed by atoms with Gasteiger partial charge in [0.2, 0.25) is 0 Å². The molecule has 2 heteroatoms. The van der Waals surface area contributed by atoms with Gasteiger partial charge in [-0.05, 0) is 37.5 Å². The van der Waals surface area contributed by atoms with Crippen LogP contribution in [0.1, 0.15) is 57.8 Å². The van der Waals surface area contributed by atoms with Crippen LogP contribution in [0.25, 0.3) is 0 Å². The molecule has 1 saturated carbocycles. The molecule has 0 aromatic heterocycles. The molecule has 1 unspecified atom stereocenters.